The summed E-state index contributed by atoms with van der Waals surface area (Å²) in [5, 5.41) is 0.364. The maximum Gasteiger partial charge on any atom is 0.228 e. The van der Waals surface area contributed by atoms with Gasteiger partial charge in [-0.15, -0.1) is 0 Å². The average Bonchev–Trinajstić information content (AvgIpc) is 2.28. The molecule has 0 spiro atoms. The topological polar surface area (TPSA) is 52.0 Å². The Labute approximate surface area is 82.5 Å². The first-order valence-electron chi connectivity index (χ1n) is 3.77. The van der Waals surface area contributed by atoms with Crippen LogP contribution in [-0.4, -0.2) is 24.2 Å². The summed E-state index contributed by atoms with van der Waals surface area (Å²) in [5.41, 5.74) is 0. The van der Waals surface area contributed by atoms with Gasteiger partial charge < -0.3 is 4.57 Å². The SMILES string of the molecule is CC(C)n1c(Cl)cnc1S(C)(=O)=O. The van der Waals surface area contributed by atoms with Crippen molar-refractivity contribution in [3.63, 3.8) is 0 Å². The summed E-state index contributed by atoms with van der Waals surface area (Å²) in [5.74, 6) is 0. The number of halogens is 1. The van der Waals surface area contributed by atoms with E-state index in [9.17, 15) is 8.42 Å². The molecule has 0 unspecified atom stereocenters. The molecule has 1 heterocycles. The average molecular weight is 223 g/mol. The molecule has 0 saturated carbocycles. The van der Waals surface area contributed by atoms with E-state index in [1.165, 1.54) is 10.8 Å². The van der Waals surface area contributed by atoms with Gasteiger partial charge in [-0.2, -0.15) is 0 Å². The molecule has 1 rings (SSSR count). The highest BCUT2D eigenvalue weighted by molar-refractivity contribution is 7.90. The molecule has 1 aromatic heterocycles. The number of imidazole rings is 1. The molecule has 0 bridgehead atoms. The molecular weight excluding hydrogens is 212 g/mol. The molecular formula is C7H11ClN2O2S. The molecule has 0 aromatic carbocycles. The van der Waals surface area contributed by atoms with E-state index < -0.39 is 9.84 Å². The molecule has 0 atom stereocenters. The van der Waals surface area contributed by atoms with Crippen LogP contribution in [0.25, 0.3) is 0 Å². The first kappa shape index (κ1) is 10.5. The van der Waals surface area contributed by atoms with Crippen molar-refractivity contribution >= 4 is 21.4 Å². The zero-order valence-electron chi connectivity index (χ0n) is 7.65. The van der Waals surface area contributed by atoms with Crippen LogP contribution in [0.2, 0.25) is 5.15 Å². The van der Waals surface area contributed by atoms with Gasteiger partial charge in [0, 0.05) is 12.3 Å². The summed E-state index contributed by atoms with van der Waals surface area (Å²) in [7, 11) is -3.29. The first-order chi connectivity index (χ1) is 5.84. The van der Waals surface area contributed by atoms with Crippen LogP contribution in [0.15, 0.2) is 11.4 Å². The van der Waals surface area contributed by atoms with Gasteiger partial charge in [0.05, 0.1) is 6.20 Å². The Morgan fingerprint density at radius 3 is 2.38 bits per heavy atom. The highest BCUT2D eigenvalue weighted by Gasteiger charge is 2.19. The van der Waals surface area contributed by atoms with Crippen molar-refractivity contribution in [1.29, 1.82) is 0 Å². The minimum Gasteiger partial charge on any atom is -0.303 e. The van der Waals surface area contributed by atoms with Crippen LogP contribution >= 0.6 is 11.6 Å². The van der Waals surface area contributed by atoms with Gasteiger partial charge in [0.15, 0.2) is 0 Å². The van der Waals surface area contributed by atoms with E-state index in [2.05, 4.69) is 4.98 Å². The largest absolute Gasteiger partial charge is 0.303 e. The first-order valence-corrected chi connectivity index (χ1v) is 6.03. The third-order valence-electron chi connectivity index (χ3n) is 1.57. The predicted octanol–water partition coefficient (Wildman–Crippen LogP) is 1.52. The lowest BCUT2D eigenvalue weighted by atomic mass is 10.4. The van der Waals surface area contributed by atoms with E-state index in [0.29, 0.717) is 5.15 Å². The Hall–Kier alpha value is -0.550. The van der Waals surface area contributed by atoms with Gasteiger partial charge in [0.2, 0.25) is 15.0 Å². The van der Waals surface area contributed by atoms with E-state index >= 15 is 0 Å². The summed E-state index contributed by atoms with van der Waals surface area (Å²) in [4.78, 5) is 3.75. The van der Waals surface area contributed by atoms with E-state index in [-0.39, 0.29) is 11.2 Å². The van der Waals surface area contributed by atoms with Crippen LogP contribution in [0.5, 0.6) is 0 Å². The minimum absolute atomic E-state index is 0.0141. The van der Waals surface area contributed by atoms with Crippen LogP contribution in [0.3, 0.4) is 0 Å². The van der Waals surface area contributed by atoms with Gasteiger partial charge in [-0.25, -0.2) is 13.4 Å². The number of hydrogen-bond acceptors (Lipinski definition) is 3. The second-order valence-corrected chi connectivity index (χ2v) is 5.40. The van der Waals surface area contributed by atoms with Crippen molar-refractivity contribution in [3.05, 3.63) is 11.3 Å². The molecule has 74 valence electrons. The Morgan fingerprint density at radius 2 is 2.08 bits per heavy atom. The molecule has 13 heavy (non-hydrogen) atoms. The second kappa shape index (κ2) is 3.31. The van der Waals surface area contributed by atoms with Crippen LogP contribution in [0.4, 0.5) is 0 Å². The molecule has 0 saturated heterocycles. The lowest BCUT2D eigenvalue weighted by molar-refractivity contribution is 0.523. The highest BCUT2D eigenvalue weighted by atomic mass is 35.5. The van der Waals surface area contributed by atoms with E-state index in [4.69, 9.17) is 11.6 Å². The summed E-state index contributed by atoms with van der Waals surface area (Å²) < 4.78 is 23.9. The van der Waals surface area contributed by atoms with Crippen molar-refractivity contribution in [2.45, 2.75) is 25.0 Å². The maximum atomic E-state index is 11.2. The van der Waals surface area contributed by atoms with Gasteiger partial charge in [-0.1, -0.05) is 11.6 Å². The normalized spacial score (nSPS) is 12.4. The Kier molecular flexibility index (Phi) is 2.68. The lowest BCUT2D eigenvalue weighted by Gasteiger charge is -2.10. The van der Waals surface area contributed by atoms with Crippen molar-refractivity contribution in [3.8, 4) is 0 Å². The fourth-order valence-corrected chi connectivity index (χ4v) is 2.35. The number of nitrogens with zero attached hydrogens (tertiary/aromatic N) is 2. The van der Waals surface area contributed by atoms with Gasteiger partial charge in [0.25, 0.3) is 0 Å². The molecule has 0 radical (unpaired) electrons. The summed E-state index contributed by atoms with van der Waals surface area (Å²) in [6, 6.07) is -0.0141. The van der Waals surface area contributed by atoms with Gasteiger partial charge in [-0.05, 0) is 13.8 Å². The van der Waals surface area contributed by atoms with Crippen molar-refractivity contribution in [2.24, 2.45) is 0 Å². The molecule has 4 nitrogen and oxygen atoms in total. The van der Waals surface area contributed by atoms with Crippen molar-refractivity contribution in [2.75, 3.05) is 6.26 Å². The Bertz CT molecular complexity index is 408. The molecule has 0 amide bonds. The third-order valence-corrected chi connectivity index (χ3v) is 2.81. The summed E-state index contributed by atoms with van der Waals surface area (Å²) in [6.07, 6.45) is 2.46. The Morgan fingerprint density at radius 1 is 1.54 bits per heavy atom. The second-order valence-electron chi connectivity index (χ2n) is 3.10. The third kappa shape index (κ3) is 2.03. The van der Waals surface area contributed by atoms with Gasteiger partial charge in [-0.3, -0.25) is 0 Å². The Balaban J connectivity index is 3.40. The summed E-state index contributed by atoms with van der Waals surface area (Å²) in [6.45, 7) is 3.70. The molecule has 0 aliphatic heterocycles. The number of rotatable bonds is 2. The zero-order chi connectivity index (χ0) is 10.2. The number of sulfone groups is 1. The molecule has 1 aromatic rings. The van der Waals surface area contributed by atoms with E-state index in [0.717, 1.165) is 6.26 Å². The minimum atomic E-state index is -3.29. The maximum absolute atomic E-state index is 11.2. The quantitative estimate of drug-likeness (QED) is 0.763. The molecule has 0 N–H and O–H groups in total. The summed E-state index contributed by atoms with van der Waals surface area (Å²) >= 11 is 5.78. The molecule has 6 heteroatoms. The highest BCUT2D eigenvalue weighted by Crippen LogP contribution is 2.20. The number of aromatic nitrogens is 2. The van der Waals surface area contributed by atoms with Gasteiger partial charge in [0.1, 0.15) is 5.15 Å². The van der Waals surface area contributed by atoms with Crippen LogP contribution < -0.4 is 0 Å². The van der Waals surface area contributed by atoms with Crippen molar-refractivity contribution in [1.82, 2.24) is 9.55 Å². The standard InChI is InChI=1S/C7H11ClN2O2S/c1-5(2)10-6(8)4-9-7(10)13(3,11)12/h4-5H,1-3H3. The lowest BCUT2D eigenvalue weighted by Crippen LogP contribution is -2.11. The molecule has 0 aliphatic carbocycles. The van der Waals surface area contributed by atoms with E-state index in [1.54, 1.807) is 0 Å². The fraction of sp³-hybridized carbons (Fsp3) is 0.571. The van der Waals surface area contributed by atoms with Gasteiger partial charge >= 0.3 is 0 Å². The molecule has 0 aliphatic rings. The van der Waals surface area contributed by atoms with Crippen molar-refractivity contribution < 1.29 is 8.42 Å². The number of hydrogen-bond donors (Lipinski definition) is 0. The van der Waals surface area contributed by atoms with Crippen LogP contribution in [0.1, 0.15) is 19.9 Å². The monoisotopic (exact) mass is 222 g/mol. The predicted molar refractivity (Wildman–Crippen MR) is 50.7 cm³/mol. The molecule has 0 fully saturated rings. The van der Waals surface area contributed by atoms with E-state index in [1.807, 2.05) is 13.8 Å². The smallest absolute Gasteiger partial charge is 0.228 e. The zero-order valence-corrected chi connectivity index (χ0v) is 9.22. The fourth-order valence-electron chi connectivity index (χ4n) is 1.07. The van der Waals surface area contributed by atoms with Crippen LogP contribution in [0, 0.1) is 0 Å². The van der Waals surface area contributed by atoms with Crippen LogP contribution in [-0.2, 0) is 9.84 Å².